The maximum absolute atomic E-state index is 14.3. The molecular formula is C19H13Cl2F4NO. The molecule has 0 spiro atoms. The van der Waals surface area contributed by atoms with Gasteiger partial charge in [-0.3, -0.25) is 4.79 Å². The van der Waals surface area contributed by atoms with Gasteiger partial charge in [0.1, 0.15) is 0 Å². The van der Waals surface area contributed by atoms with Crippen LogP contribution in [0.25, 0.3) is 5.57 Å². The van der Waals surface area contributed by atoms with E-state index in [0.29, 0.717) is 11.6 Å². The third-order valence-electron chi connectivity index (χ3n) is 4.25. The number of rotatable bonds is 4. The number of hydrogen-bond donors (Lipinski definition) is 1. The topological polar surface area (TPSA) is 29.1 Å². The lowest BCUT2D eigenvalue weighted by molar-refractivity contribution is -0.0689. The van der Waals surface area contributed by atoms with Gasteiger partial charge < -0.3 is 5.32 Å². The molecule has 0 bridgehead atoms. The van der Waals surface area contributed by atoms with Crippen LogP contribution < -0.4 is 5.32 Å². The maximum atomic E-state index is 14.3. The molecule has 1 N–H and O–H groups in total. The number of halogens is 6. The van der Waals surface area contributed by atoms with Crippen molar-refractivity contribution in [1.82, 2.24) is 5.32 Å². The number of alkyl halides is 4. The van der Waals surface area contributed by atoms with E-state index in [9.17, 15) is 22.4 Å². The van der Waals surface area contributed by atoms with Crippen LogP contribution in [0.1, 0.15) is 21.5 Å². The highest BCUT2D eigenvalue weighted by molar-refractivity contribution is 6.35. The summed E-state index contributed by atoms with van der Waals surface area (Å²) < 4.78 is 54.7. The summed E-state index contributed by atoms with van der Waals surface area (Å²) in [7, 11) is 0. The Labute approximate surface area is 162 Å². The van der Waals surface area contributed by atoms with Crippen molar-refractivity contribution in [1.29, 1.82) is 0 Å². The molecule has 2 aromatic rings. The van der Waals surface area contributed by atoms with Gasteiger partial charge in [0, 0.05) is 28.7 Å². The molecule has 2 aromatic carbocycles. The van der Waals surface area contributed by atoms with Crippen molar-refractivity contribution in [3.05, 3.63) is 75.3 Å². The summed E-state index contributed by atoms with van der Waals surface area (Å²) in [5.41, 5.74) is -2.59. The largest absolute Gasteiger partial charge is 0.417 e. The summed E-state index contributed by atoms with van der Waals surface area (Å²) in [6.45, 7) is 0.321. The van der Waals surface area contributed by atoms with Crippen LogP contribution in [0.2, 0.25) is 10.0 Å². The van der Waals surface area contributed by atoms with Crippen molar-refractivity contribution in [2.24, 2.45) is 0 Å². The van der Waals surface area contributed by atoms with Gasteiger partial charge in [-0.15, -0.1) is 0 Å². The molecule has 3 rings (SSSR count). The van der Waals surface area contributed by atoms with Crippen molar-refractivity contribution in [3.63, 3.8) is 0 Å². The minimum Gasteiger partial charge on any atom is -0.310 e. The summed E-state index contributed by atoms with van der Waals surface area (Å²) in [4.78, 5) is 12.3. The highest BCUT2D eigenvalue weighted by atomic mass is 35.5. The molecular weight excluding hydrogens is 405 g/mol. The Morgan fingerprint density at radius 2 is 1.56 bits per heavy atom. The highest BCUT2D eigenvalue weighted by Gasteiger charge is 2.39. The molecule has 1 aliphatic heterocycles. The molecule has 2 nitrogen and oxygen atoms in total. The summed E-state index contributed by atoms with van der Waals surface area (Å²) in [5, 5.41) is 2.85. The highest BCUT2D eigenvalue weighted by Crippen LogP contribution is 2.36. The quantitative estimate of drug-likeness (QED) is 0.399. The Balaban J connectivity index is 1.94. The minimum atomic E-state index is -4.79. The van der Waals surface area contributed by atoms with E-state index in [2.05, 4.69) is 5.32 Å². The number of nitrogens with one attached hydrogen (secondary N) is 1. The second-order valence-corrected chi connectivity index (χ2v) is 7.10. The second kappa shape index (κ2) is 7.26. The van der Waals surface area contributed by atoms with E-state index in [0.717, 1.165) is 12.1 Å². The van der Waals surface area contributed by atoms with E-state index in [-0.39, 0.29) is 34.3 Å². The molecule has 1 heterocycles. The predicted molar refractivity (Wildman–Crippen MR) is 96.9 cm³/mol. The fraction of sp³-hybridized carbons (Fsp3) is 0.211. The van der Waals surface area contributed by atoms with E-state index >= 15 is 0 Å². The van der Waals surface area contributed by atoms with Gasteiger partial charge >= 0.3 is 6.18 Å². The van der Waals surface area contributed by atoms with Gasteiger partial charge in [0.25, 0.3) is 0 Å². The Hall–Kier alpha value is -1.89. The molecule has 0 radical (unpaired) electrons. The van der Waals surface area contributed by atoms with Gasteiger partial charge in [-0.2, -0.15) is 13.2 Å². The number of hydrogen-bond acceptors (Lipinski definition) is 2. The number of allylic oxidation sites excluding steroid dienone is 2. The molecule has 0 aliphatic carbocycles. The minimum absolute atomic E-state index is 0.0181. The monoisotopic (exact) mass is 417 g/mol. The predicted octanol–water partition coefficient (Wildman–Crippen LogP) is 5.59. The zero-order valence-corrected chi connectivity index (χ0v) is 15.2. The lowest BCUT2D eigenvalue weighted by atomic mass is 9.89. The average Bonchev–Trinajstić information content (AvgIpc) is 2.55. The van der Waals surface area contributed by atoms with Crippen LogP contribution in [0.3, 0.4) is 0 Å². The first-order chi connectivity index (χ1) is 12.6. The summed E-state index contributed by atoms with van der Waals surface area (Å²) in [6.07, 6.45) is -4.29. The zero-order valence-electron chi connectivity index (χ0n) is 13.7. The molecule has 1 saturated heterocycles. The fourth-order valence-corrected chi connectivity index (χ4v) is 3.26. The Morgan fingerprint density at radius 1 is 1.00 bits per heavy atom. The fourth-order valence-electron chi connectivity index (χ4n) is 2.73. The van der Waals surface area contributed by atoms with Gasteiger partial charge in [0.15, 0.2) is 11.5 Å². The maximum Gasteiger partial charge on any atom is 0.417 e. The van der Waals surface area contributed by atoms with Crippen LogP contribution in [0, 0.1) is 0 Å². The first-order valence-corrected chi connectivity index (χ1v) is 8.64. The van der Waals surface area contributed by atoms with E-state index < -0.39 is 23.2 Å². The van der Waals surface area contributed by atoms with Gasteiger partial charge in [-0.1, -0.05) is 47.5 Å². The number of ketones is 1. The SMILES string of the molecule is O=C(C=C(c1cc(Cl)cc(Cl)c1)C(F)(F)F)c1ccc(C2(F)CNC2)cc1. The first kappa shape index (κ1) is 19.9. The number of carbonyl (C=O) groups is 1. The van der Waals surface area contributed by atoms with Crippen molar-refractivity contribution in [2.45, 2.75) is 11.8 Å². The van der Waals surface area contributed by atoms with Crippen LogP contribution >= 0.6 is 23.2 Å². The third kappa shape index (κ3) is 4.34. The van der Waals surface area contributed by atoms with E-state index in [1.54, 1.807) is 0 Å². The van der Waals surface area contributed by atoms with E-state index in [1.165, 1.54) is 30.3 Å². The van der Waals surface area contributed by atoms with Crippen molar-refractivity contribution in [2.75, 3.05) is 13.1 Å². The average molecular weight is 418 g/mol. The Kier molecular flexibility index (Phi) is 5.34. The van der Waals surface area contributed by atoms with Gasteiger partial charge in [0.2, 0.25) is 0 Å². The molecule has 142 valence electrons. The van der Waals surface area contributed by atoms with Crippen LogP contribution in [0.4, 0.5) is 17.6 Å². The van der Waals surface area contributed by atoms with Crippen LogP contribution in [0.15, 0.2) is 48.5 Å². The van der Waals surface area contributed by atoms with Crippen molar-refractivity contribution in [3.8, 4) is 0 Å². The molecule has 1 aliphatic rings. The summed E-state index contributed by atoms with van der Waals surface area (Å²) in [6, 6.07) is 8.90. The van der Waals surface area contributed by atoms with Crippen LogP contribution in [-0.2, 0) is 5.67 Å². The lowest BCUT2D eigenvalue weighted by Crippen LogP contribution is -2.53. The molecule has 0 atom stereocenters. The second-order valence-electron chi connectivity index (χ2n) is 6.22. The third-order valence-corrected chi connectivity index (χ3v) is 4.69. The van der Waals surface area contributed by atoms with Crippen LogP contribution in [-0.4, -0.2) is 25.0 Å². The Bertz CT molecular complexity index is 883. The molecule has 1 fully saturated rings. The standard InChI is InChI=1S/C19H13Cl2F4NO/c20-14-5-12(6-15(21)7-14)16(19(23,24)25)8-17(27)11-1-3-13(4-2-11)18(22)9-26-10-18/h1-8,26H,9-10H2. The smallest absolute Gasteiger partial charge is 0.310 e. The number of benzene rings is 2. The van der Waals surface area contributed by atoms with Crippen LogP contribution in [0.5, 0.6) is 0 Å². The number of carbonyl (C=O) groups excluding carboxylic acids is 1. The zero-order chi connectivity index (χ0) is 19.8. The normalized spacial score (nSPS) is 16.7. The van der Waals surface area contributed by atoms with E-state index in [1.807, 2.05) is 0 Å². The molecule has 0 unspecified atom stereocenters. The van der Waals surface area contributed by atoms with E-state index in [4.69, 9.17) is 23.2 Å². The van der Waals surface area contributed by atoms with Crippen molar-refractivity contribution < 1.29 is 22.4 Å². The van der Waals surface area contributed by atoms with Gasteiger partial charge in [0.05, 0.1) is 5.57 Å². The lowest BCUT2D eigenvalue weighted by Gasteiger charge is -2.35. The van der Waals surface area contributed by atoms with Crippen molar-refractivity contribution >= 4 is 34.6 Å². The molecule has 8 heteroatoms. The molecule has 0 aromatic heterocycles. The summed E-state index contributed by atoms with van der Waals surface area (Å²) >= 11 is 11.5. The Morgan fingerprint density at radius 3 is 2.00 bits per heavy atom. The summed E-state index contributed by atoms with van der Waals surface area (Å²) in [5.74, 6) is -0.857. The first-order valence-electron chi connectivity index (χ1n) is 7.88. The molecule has 0 saturated carbocycles. The molecule has 0 amide bonds. The van der Waals surface area contributed by atoms with Gasteiger partial charge in [-0.25, -0.2) is 4.39 Å². The van der Waals surface area contributed by atoms with Gasteiger partial charge in [-0.05, 0) is 35.4 Å². The molecule has 27 heavy (non-hydrogen) atoms.